The fraction of sp³-hybridized carbons (Fsp3) is 0.692. The van der Waals surface area contributed by atoms with Gasteiger partial charge in [-0.1, -0.05) is 11.6 Å². The van der Waals surface area contributed by atoms with Crippen molar-refractivity contribution in [1.82, 2.24) is 0 Å². The molecule has 0 amide bonds. The van der Waals surface area contributed by atoms with Crippen LogP contribution in [-0.2, 0) is 4.74 Å². The van der Waals surface area contributed by atoms with Crippen molar-refractivity contribution in [1.29, 1.82) is 0 Å². The van der Waals surface area contributed by atoms with Gasteiger partial charge in [0.05, 0.1) is 9.94 Å². The fourth-order valence-electron chi connectivity index (χ4n) is 3.03. The van der Waals surface area contributed by atoms with Gasteiger partial charge in [0.15, 0.2) is 0 Å². The van der Waals surface area contributed by atoms with Crippen molar-refractivity contribution < 1.29 is 4.74 Å². The lowest BCUT2D eigenvalue weighted by Gasteiger charge is -2.48. The lowest BCUT2D eigenvalue weighted by molar-refractivity contribution is -0.146. The van der Waals surface area contributed by atoms with Gasteiger partial charge in [-0.05, 0) is 50.2 Å². The maximum atomic E-state index is 6.38. The molecule has 1 aromatic rings. The quantitative estimate of drug-likeness (QED) is 0.889. The van der Waals surface area contributed by atoms with Gasteiger partial charge in [0.25, 0.3) is 0 Å². The molecule has 2 unspecified atom stereocenters. The van der Waals surface area contributed by atoms with E-state index < -0.39 is 0 Å². The van der Waals surface area contributed by atoms with Crippen LogP contribution in [0.2, 0.25) is 4.34 Å². The Kier molecular flexibility index (Phi) is 3.20. The van der Waals surface area contributed by atoms with Crippen molar-refractivity contribution >= 4 is 22.9 Å². The van der Waals surface area contributed by atoms with Crippen molar-refractivity contribution in [3.05, 3.63) is 21.3 Å². The summed E-state index contributed by atoms with van der Waals surface area (Å²) < 4.78 is 6.78. The summed E-state index contributed by atoms with van der Waals surface area (Å²) in [6.07, 6.45) is 5.97. The van der Waals surface area contributed by atoms with E-state index in [0.717, 1.165) is 23.8 Å². The lowest BCUT2D eigenvalue weighted by Crippen LogP contribution is -2.47. The highest BCUT2D eigenvalue weighted by molar-refractivity contribution is 7.16. The molecule has 1 aliphatic heterocycles. The van der Waals surface area contributed by atoms with E-state index in [2.05, 4.69) is 6.07 Å². The molecule has 1 saturated heterocycles. The molecule has 94 valence electrons. The fourth-order valence-corrected chi connectivity index (χ4v) is 4.19. The third-order valence-corrected chi connectivity index (χ3v) is 5.56. The van der Waals surface area contributed by atoms with Crippen LogP contribution in [0.25, 0.3) is 0 Å². The van der Waals surface area contributed by atoms with Gasteiger partial charge in [-0.15, -0.1) is 11.3 Å². The summed E-state index contributed by atoms with van der Waals surface area (Å²) in [5.41, 5.74) is 6.56. The first-order valence-corrected chi connectivity index (χ1v) is 7.53. The van der Waals surface area contributed by atoms with E-state index in [-0.39, 0.29) is 11.6 Å². The maximum Gasteiger partial charge on any atom is 0.0931 e. The van der Waals surface area contributed by atoms with Crippen LogP contribution in [0.15, 0.2) is 12.1 Å². The standard InChI is InChI=1S/C13H18ClNOS/c14-11-3-2-10(17-11)12(15)9-4-7-16-13(8-9)5-1-6-13/h2-3,9,12H,1,4-8,15H2. The number of halogens is 1. The summed E-state index contributed by atoms with van der Waals surface area (Å²) in [6, 6.07) is 4.15. The van der Waals surface area contributed by atoms with Crippen LogP contribution in [0.4, 0.5) is 0 Å². The summed E-state index contributed by atoms with van der Waals surface area (Å²) in [5.74, 6) is 0.554. The molecule has 0 aromatic carbocycles. The molecule has 4 heteroatoms. The Labute approximate surface area is 111 Å². The molecular formula is C13H18ClNOS. The Hall–Kier alpha value is -0.0900. The summed E-state index contributed by atoms with van der Waals surface area (Å²) in [5, 5.41) is 0. The maximum absolute atomic E-state index is 6.38. The largest absolute Gasteiger partial charge is 0.375 e. The number of nitrogens with two attached hydrogens (primary N) is 1. The van der Waals surface area contributed by atoms with Gasteiger partial charge in [-0.3, -0.25) is 0 Å². The average Bonchev–Trinajstić information content (AvgIpc) is 2.73. The molecule has 1 aliphatic carbocycles. The van der Waals surface area contributed by atoms with Crippen molar-refractivity contribution in [3.8, 4) is 0 Å². The molecule has 1 spiro atoms. The van der Waals surface area contributed by atoms with Crippen molar-refractivity contribution in [2.45, 2.75) is 43.7 Å². The highest BCUT2D eigenvalue weighted by Gasteiger charge is 2.44. The van der Waals surface area contributed by atoms with Crippen LogP contribution in [0.1, 0.15) is 43.0 Å². The predicted octanol–water partition coefficient (Wildman–Crippen LogP) is 3.75. The Morgan fingerprint density at radius 2 is 2.29 bits per heavy atom. The van der Waals surface area contributed by atoms with E-state index in [1.807, 2.05) is 6.07 Å². The zero-order valence-electron chi connectivity index (χ0n) is 9.82. The monoisotopic (exact) mass is 271 g/mol. The first kappa shape index (κ1) is 12.0. The molecule has 2 fully saturated rings. The number of hydrogen-bond donors (Lipinski definition) is 1. The SMILES string of the molecule is NC(c1ccc(Cl)s1)C1CCOC2(CCC2)C1. The minimum Gasteiger partial charge on any atom is -0.375 e. The van der Waals surface area contributed by atoms with Gasteiger partial charge in [0, 0.05) is 17.5 Å². The van der Waals surface area contributed by atoms with Gasteiger partial charge in [-0.2, -0.15) is 0 Å². The summed E-state index contributed by atoms with van der Waals surface area (Å²) in [4.78, 5) is 1.22. The van der Waals surface area contributed by atoms with Crippen molar-refractivity contribution in [2.75, 3.05) is 6.61 Å². The summed E-state index contributed by atoms with van der Waals surface area (Å²) in [7, 11) is 0. The molecule has 2 heterocycles. The van der Waals surface area contributed by atoms with E-state index in [4.69, 9.17) is 22.1 Å². The smallest absolute Gasteiger partial charge is 0.0931 e. The molecule has 2 aliphatic rings. The molecule has 17 heavy (non-hydrogen) atoms. The number of hydrogen-bond acceptors (Lipinski definition) is 3. The molecular weight excluding hydrogens is 254 g/mol. The van der Waals surface area contributed by atoms with Crippen LogP contribution >= 0.6 is 22.9 Å². The van der Waals surface area contributed by atoms with E-state index in [9.17, 15) is 0 Å². The van der Waals surface area contributed by atoms with Gasteiger partial charge in [-0.25, -0.2) is 0 Å². The molecule has 2 atom stereocenters. The molecule has 1 saturated carbocycles. The van der Waals surface area contributed by atoms with Gasteiger partial charge >= 0.3 is 0 Å². The zero-order chi connectivity index (χ0) is 11.9. The normalized spacial score (nSPS) is 28.9. The Balaban J connectivity index is 1.71. The third-order valence-electron chi connectivity index (χ3n) is 4.23. The van der Waals surface area contributed by atoms with Crippen LogP contribution in [0.5, 0.6) is 0 Å². The number of thiophene rings is 1. The van der Waals surface area contributed by atoms with Gasteiger partial charge in [0.1, 0.15) is 0 Å². The van der Waals surface area contributed by atoms with Crippen molar-refractivity contribution in [3.63, 3.8) is 0 Å². The first-order chi connectivity index (χ1) is 8.19. The molecule has 2 nitrogen and oxygen atoms in total. The van der Waals surface area contributed by atoms with Crippen LogP contribution < -0.4 is 5.73 Å². The minimum absolute atomic E-state index is 0.133. The van der Waals surface area contributed by atoms with Crippen LogP contribution in [0, 0.1) is 5.92 Å². The van der Waals surface area contributed by atoms with Crippen LogP contribution in [-0.4, -0.2) is 12.2 Å². The number of ether oxygens (including phenoxy) is 1. The second-order valence-corrected chi connectivity index (χ2v) is 7.05. The highest BCUT2D eigenvalue weighted by Crippen LogP contribution is 2.47. The Morgan fingerprint density at radius 1 is 1.47 bits per heavy atom. The zero-order valence-corrected chi connectivity index (χ0v) is 11.4. The van der Waals surface area contributed by atoms with E-state index in [0.29, 0.717) is 5.92 Å². The Morgan fingerprint density at radius 3 is 2.88 bits per heavy atom. The topological polar surface area (TPSA) is 35.2 Å². The van der Waals surface area contributed by atoms with E-state index >= 15 is 0 Å². The molecule has 3 rings (SSSR count). The van der Waals surface area contributed by atoms with Gasteiger partial charge in [0.2, 0.25) is 0 Å². The Bertz CT molecular complexity index is 402. The van der Waals surface area contributed by atoms with Crippen molar-refractivity contribution in [2.24, 2.45) is 11.7 Å². The first-order valence-electron chi connectivity index (χ1n) is 6.33. The summed E-state index contributed by atoms with van der Waals surface area (Å²) in [6.45, 7) is 0.872. The highest BCUT2D eigenvalue weighted by atomic mass is 35.5. The van der Waals surface area contributed by atoms with Gasteiger partial charge < -0.3 is 10.5 Å². The lowest BCUT2D eigenvalue weighted by atomic mass is 9.70. The third kappa shape index (κ3) is 2.26. The minimum atomic E-state index is 0.133. The molecule has 1 aromatic heterocycles. The molecule has 0 radical (unpaired) electrons. The predicted molar refractivity (Wildman–Crippen MR) is 71.5 cm³/mol. The van der Waals surface area contributed by atoms with Crippen LogP contribution in [0.3, 0.4) is 0 Å². The summed E-state index contributed by atoms with van der Waals surface area (Å²) >= 11 is 7.59. The molecule has 0 bridgehead atoms. The number of rotatable bonds is 2. The second kappa shape index (κ2) is 4.54. The average molecular weight is 272 g/mol. The molecule has 2 N–H and O–H groups in total. The second-order valence-electron chi connectivity index (χ2n) is 5.31. The van der Waals surface area contributed by atoms with E-state index in [1.165, 1.54) is 24.1 Å². The van der Waals surface area contributed by atoms with E-state index in [1.54, 1.807) is 11.3 Å².